The molecule has 4 heteroatoms. The number of hydrogen-bond donors (Lipinski definition) is 1. The Morgan fingerprint density at radius 1 is 1.23 bits per heavy atom. The number of carbonyl (C=O) groups excluding carboxylic acids is 1. The van der Waals surface area contributed by atoms with Gasteiger partial charge in [-0.05, 0) is 42.8 Å². The molecule has 0 unspecified atom stereocenters. The molecule has 2 aliphatic heterocycles. The fraction of sp³-hybridized carbons (Fsp3) is 0.333. The lowest BCUT2D eigenvalue weighted by Gasteiger charge is -2.30. The van der Waals surface area contributed by atoms with E-state index in [0.717, 1.165) is 27.7 Å². The zero-order chi connectivity index (χ0) is 15.6. The number of aromatic hydroxyl groups is 1. The summed E-state index contributed by atoms with van der Waals surface area (Å²) in [6.45, 7) is 6.77. The average Bonchev–Trinajstić information content (AvgIpc) is 2.76. The number of phenolic OH excluding ortho intramolecular Hbond substituents is 1. The summed E-state index contributed by atoms with van der Waals surface area (Å²) in [5.74, 6) is 1.37. The van der Waals surface area contributed by atoms with Crippen molar-refractivity contribution in [2.45, 2.75) is 26.8 Å². The number of phenols is 1. The van der Waals surface area contributed by atoms with Gasteiger partial charge < -0.3 is 5.11 Å². The standard InChI is InChI=1S/C18H18N2O2/c1-9-8-20-17(19-11(9)3)13-6-4-12-5-7-14(21)10(2)15(12)16(13)18(20)22/h4-7,9,11,21H,8H2,1-3H3/t9-,11-/m0/s1. The average molecular weight is 294 g/mol. The van der Waals surface area contributed by atoms with Crippen LogP contribution in [-0.2, 0) is 0 Å². The third-order valence-electron chi connectivity index (χ3n) is 4.99. The molecule has 0 radical (unpaired) electrons. The van der Waals surface area contributed by atoms with E-state index in [-0.39, 0.29) is 17.7 Å². The Hall–Kier alpha value is -2.36. The predicted octanol–water partition coefficient (Wildman–Crippen LogP) is 3.09. The molecule has 0 fully saturated rings. The molecule has 2 heterocycles. The lowest BCUT2D eigenvalue weighted by atomic mass is 9.96. The molecular weight excluding hydrogens is 276 g/mol. The van der Waals surface area contributed by atoms with Gasteiger partial charge in [0, 0.05) is 17.5 Å². The van der Waals surface area contributed by atoms with E-state index in [1.807, 2.05) is 25.1 Å². The number of hydrogen-bond acceptors (Lipinski definition) is 3. The van der Waals surface area contributed by atoms with Crippen LogP contribution >= 0.6 is 0 Å². The smallest absolute Gasteiger partial charge is 0.260 e. The summed E-state index contributed by atoms with van der Waals surface area (Å²) in [6, 6.07) is 7.73. The Morgan fingerprint density at radius 3 is 2.73 bits per heavy atom. The summed E-state index contributed by atoms with van der Waals surface area (Å²) in [6.07, 6.45) is 0. The third-order valence-corrected chi connectivity index (χ3v) is 4.99. The maximum absolute atomic E-state index is 12.9. The second-order valence-electron chi connectivity index (χ2n) is 6.38. The second kappa shape index (κ2) is 4.32. The largest absolute Gasteiger partial charge is 0.508 e. The summed E-state index contributed by atoms with van der Waals surface area (Å²) < 4.78 is 0. The van der Waals surface area contributed by atoms with Crippen molar-refractivity contribution in [3.8, 4) is 5.75 Å². The number of amidine groups is 1. The van der Waals surface area contributed by atoms with E-state index < -0.39 is 0 Å². The molecule has 1 amide bonds. The molecule has 0 saturated heterocycles. The molecular formula is C18H18N2O2. The molecule has 2 aromatic rings. The van der Waals surface area contributed by atoms with Gasteiger partial charge in [0.25, 0.3) is 5.91 Å². The maximum Gasteiger partial charge on any atom is 0.260 e. The fourth-order valence-corrected chi connectivity index (χ4v) is 3.44. The van der Waals surface area contributed by atoms with Gasteiger partial charge in [0.05, 0.1) is 11.6 Å². The van der Waals surface area contributed by atoms with Gasteiger partial charge in [-0.2, -0.15) is 0 Å². The van der Waals surface area contributed by atoms with Crippen LogP contribution < -0.4 is 0 Å². The van der Waals surface area contributed by atoms with Gasteiger partial charge in [0.1, 0.15) is 11.6 Å². The quantitative estimate of drug-likeness (QED) is 0.811. The van der Waals surface area contributed by atoms with E-state index in [4.69, 9.17) is 4.99 Å². The van der Waals surface area contributed by atoms with Crippen LogP contribution in [0, 0.1) is 12.8 Å². The Labute approximate surface area is 129 Å². The summed E-state index contributed by atoms with van der Waals surface area (Å²) in [7, 11) is 0. The van der Waals surface area contributed by atoms with Crippen molar-refractivity contribution in [1.82, 2.24) is 4.90 Å². The molecule has 2 aliphatic rings. The van der Waals surface area contributed by atoms with Gasteiger partial charge >= 0.3 is 0 Å². The first-order chi connectivity index (χ1) is 10.5. The molecule has 0 saturated carbocycles. The maximum atomic E-state index is 12.9. The first kappa shape index (κ1) is 13.3. The van der Waals surface area contributed by atoms with Gasteiger partial charge in [-0.1, -0.05) is 19.1 Å². The number of nitrogens with zero attached hydrogens (tertiary/aromatic N) is 2. The highest BCUT2D eigenvalue weighted by molar-refractivity contribution is 6.28. The third kappa shape index (κ3) is 1.58. The molecule has 4 nitrogen and oxygen atoms in total. The molecule has 0 aromatic heterocycles. The number of rotatable bonds is 0. The van der Waals surface area contributed by atoms with Crippen LogP contribution in [0.3, 0.4) is 0 Å². The minimum absolute atomic E-state index is 0.00630. The van der Waals surface area contributed by atoms with E-state index in [1.54, 1.807) is 11.0 Å². The van der Waals surface area contributed by atoms with Gasteiger partial charge in [-0.15, -0.1) is 0 Å². The molecule has 1 N–H and O–H groups in total. The predicted molar refractivity (Wildman–Crippen MR) is 86.5 cm³/mol. The molecule has 0 spiro atoms. The normalized spacial score (nSPS) is 23.5. The number of amides is 1. The number of aliphatic imine (C=N–C) groups is 1. The highest BCUT2D eigenvalue weighted by Gasteiger charge is 2.39. The lowest BCUT2D eigenvalue weighted by Crippen LogP contribution is -2.41. The highest BCUT2D eigenvalue weighted by atomic mass is 16.3. The van der Waals surface area contributed by atoms with Crippen molar-refractivity contribution in [3.63, 3.8) is 0 Å². The van der Waals surface area contributed by atoms with E-state index in [1.165, 1.54) is 0 Å². The summed E-state index contributed by atoms with van der Waals surface area (Å²) >= 11 is 0. The van der Waals surface area contributed by atoms with Crippen LogP contribution in [0.25, 0.3) is 10.8 Å². The van der Waals surface area contributed by atoms with E-state index in [9.17, 15) is 9.90 Å². The van der Waals surface area contributed by atoms with E-state index >= 15 is 0 Å². The lowest BCUT2D eigenvalue weighted by molar-refractivity contribution is 0.0835. The van der Waals surface area contributed by atoms with Gasteiger partial charge in [0.15, 0.2) is 0 Å². The molecule has 112 valence electrons. The Morgan fingerprint density at radius 2 is 1.95 bits per heavy atom. The summed E-state index contributed by atoms with van der Waals surface area (Å²) in [5.41, 5.74) is 2.33. The van der Waals surface area contributed by atoms with Crippen LogP contribution in [-0.4, -0.2) is 34.3 Å². The van der Waals surface area contributed by atoms with Gasteiger partial charge in [-0.3, -0.25) is 14.7 Å². The van der Waals surface area contributed by atoms with Crippen molar-refractivity contribution in [2.75, 3.05) is 6.54 Å². The van der Waals surface area contributed by atoms with Crippen LogP contribution in [0.15, 0.2) is 29.3 Å². The zero-order valence-electron chi connectivity index (χ0n) is 12.9. The van der Waals surface area contributed by atoms with Crippen LogP contribution in [0.4, 0.5) is 0 Å². The number of aryl methyl sites for hydroxylation is 1. The molecule has 2 aromatic carbocycles. The van der Waals surface area contributed by atoms with Crippen molar-refractivity contribution >= 4 is 22.5 Å². The number of carbonyl (C=O) groups is 1. The Balaban J connectivity index is 2.05. The van der Waals surface area contributed by atoms with Crippen molar-refractivity contribution in [2.24, 2.45) is 10.9 Å². The molecule has 0 bridgehead atoms. The minimum Gasteiger partial charge on any atom is -0.508 e. The topological polar surface area (TPSA) is 52.9 Å². The van der Waals surface area contributed by atoms with E-state index in [0.29, 0.717) is 18.0 Å². The Kier molecular flexibility index (Phi) is 2.61. The van der Waals surface area contributed by atoms with Gasteiger partial charge in [0.2, 0.25) is 0 Å². The van der Waals surface area contributed by atoms with Crippen molar-refractivity contribution < 1.29 is 9.90 Å². The van der Waals surface area contributed by atoms with Crippen molar-refractivity contribution in [1.29, 1.82) is 0 Å². The summed E-state index contributed by atoms with van der Waals surface area (Å²) in [4.78, 5) is 19.4. The minimum atomic E-state index is 0.00630. The molecule has 4 rings (SSSR count). The van der Waals surface area contributed by atoms with Crippen LogP contribution in [0.1, 0.15) is 35.3 Å². The van der Waals surface area contributed by atoms with Crippen LogP contribution in [0.5, 0.6) is 5.75 Å². The number of fused-ring (bicyclic) bond motifs is 5. The van der Waals surface area contributed by atoms with E-state index in [2.05, 4.69) is 13.8 Å². The molecule has 22 heavy (non-hydrogen) atoms. The SMILES string of the molecule is Cc1c(O)ccc2ccc3c(c12)C(=O)N1C[C@H](C)[C@H](C)N=C31. The molecule has 2 atom stereocenters. The summed E-state index contributed by atoms with van der Waals surface area (Å²) in [5, 5.41) is 11.8. The first-order valence-corrected chi connectivity index (χ1v) is 7.64. The second-order valence-corrected chi connectivity index (χ2v) is 6.38. The zero-order valence-corrected chi connectivity index (χ0v) is 12.9. The monoisotopic (exact) mass is 294 g/mol. The van der Waals surface area contributed by atoms with Crippen molar-refractivity contribution in [3.05, 3.63) is 41.0 Å². The number of benzene rings is 2. The fourth-order valence-electron chi connectivity index (χ4n) is 3.44. The first-order valence-electron chi connectivity index (χ1n) is 7.64. The molecule has 0 aliphatic carbocycles. The highest BCUT2D eigenvalue weighted by Crippen LogP contribution is 2.37. The van der Waals surface area contributed by atoms with Gasteiger partial charge in [-0.25, -0.2) is 0 Å². The van der Waals surface area contributed by atoms with Crippen LogP contribution in [0.2, 0.25) is 0 Å². The Bertz CT molecular complexity index is 854.